The molecule has 1 atom stereocenters. The molecule has 3 nitrogen and oxygen atoms in total. The molecule has 0 saturated carbocycles. The normalized spacial score (nSPS) is 12.8. The van der Waals surface area contributed by atoms with Gasteiger partial charge in [-0.15, -0.1) is 11.3 Å². The number of rotatable bonds is 7. The van der Waals surface area contributed by atoms with E-state index in [9.17, 15) is 5.11 Å². The second kappa shape index (κ2) is 7.53. The summed E-state index contributed by atoms with van der Waals surface area (Å²) < 4.78 is 0. The number of hydrogen-bond donors (Lipinski definition) is 2. The van der Waals surface area contributed by atoms with Crippen molar-refractivity contribution in [1.82, 2.24) is 10.3 Å². The van der Waals surface area contributed by atoms with Gasteiger partial charge in [-0.1, -0.05) is 44.2 Å². The third kappa shape index (κ3) is 4.40. The molecule has 4 heteroatoms. The fourth-order valence-corrected chi connectivity index (χ4v) is 2.91. The van der Waals surface area contributed by atoms with E-state index in [4.69, 9.17) is 0 Å². The Balaban J connectivity index is 1.93. The number of thiazole rings is 1. The maximum absolute atomic E-state index is 9.36. The highest BCUT2D eigenvalue weighted by atomic mass is 32.1. The molecule has 1 unspecified atom stereocenters. The van der Waals surface area contributed by atoms with Gasteiger partial charge in [0.25, 0.3) is 0 Å². The van der Waals surface area contributed by atoms with E-state index in [1.807, 2.05) is 18.2 Å². The molecule has 0 aliphatic carbocycles. The zero-order valence-corrected chi connectivity index (χ0v) is 12.9. The van der Waals surface area contributed by atoms with Crippen molar-refractivity contribution in [1.29, 1.82) is 0 Å². The highest BCUT2D eigenvalue weighted by Gasteiger charge is 2.10. The van der Waals surface area contributed by atoms with Gasteiger partial charge in [0, 0.05) is 23.5 Å². The summed E-state index contributed by atoms with van der Waals surface area (Å²) in [6, 6.07) is 10.4. The van der Waals surface area contributed by atoms with E-state index >= 15 is 0 Å². The van der Waals surface area contributed by atoms with Gasteiger partial charge in [-0.25, -0.2) is 4.98 Å². The molecule has 1 aromatic heterocycles. The highest BCUT2D eigenvalue weighted by Crippen LogP contribution is 2.21. The van der Waals surface area contributed by atoms with Crippen LogP contribution >= 0.6 is 11.3 Å². The summed E-state index contributed by atoms with van der Waals surface area (Å²) >= 11 is 1.66. The van der Waals surface area contributed by atoms with Crippen LogP contribution in [0.25, 0.3) is 11.3 Å². The number of nitrogens with one attached hydrogen (secondary N) is 1. The number of aromatic nitrogens is 1. The van der Waals surface area contributed by atoms with Crippen LogP contribution in [0.5, 0.6) is 0 Å². The summed E-state index contributed by atoms with van der Waals surface area (Å²) in [4.78, 5) is 4.64. The predicted molar refractivity (Wildman–Crippen MR) is 84.7 cm³/mol. The first kappa shape index (κ1) is 15.2. The second-order valence-electron chi connectivity index (χ2n) is 5.38. The minimum absolute atomic E-state index is 0.152. The van der Waals surface area contributed by atoms with Crippen molar-refractivity contribution in [2.45, 2.75) is 32.9 Å². The van der Waals surface area contributed by atoms with E-state index in [1.54, 1.807) is 11.3 Å². The zero-order chi connectivity index (χ0) is 14.4. The monoisotopic (exact) mass is 290 g/mol. The van der Waals surface area contributed by atoms with Crippen LogP contribution in [0.4, 0.5) is 0 Å². The van der Waals surface area contributed by atoms with Crippen molar-refractivity contribution in [3.8, 4) is 11.3 Å². The molecular formula is C16H22N2OS. The van der Waals surface area contributed by atoms with Gasteiger partial charge < -0.3 is 10.4 Å². The van der Waals surface area contributed by atoms with Crippen LogP contribution in [0.2, 0.25) is 0 Å². The Morgan fingerprint density at radius 1 is 1.25 bits per heavy atom. The van der Waals surface area contributed by atoms with Gasteiger partial charge in [0.05, 0.1) is 12.3 Å². The molecule has 0 spiro atoms. The van der Waals surface area contributed by atoms with Gasteiger partial charge in [-0.05, 0) is 12.3 Å². The van der Waals surface area contributed by atoms with E-state index in [0.717, 1.165) is 29.2 Å². The van der Waals surface area contributed by atoms with E-state index in [0.29, 0.717) is 5.92 Å². The topological polar surface area (TPSA) is 45.1 Å². The molecule has 20 heavy (non-hydrogen) atoms. The van der Waals surface area contributed by atoms with Crippen molar-refractivity contribution < 1.29 is 5.11 Å². The Bertz CT molecular complexity index is 510. The summed E-state index contributed by atoms with van der Waals surface area (Å²) in [5.41, 5.74) is 2.17. The maximum Gasteiger partial charge on any atom is 0.107 e. The SMILES string of the molecule is CC(C)CC(CO)NCc1nc(-c2ccccc2)cs1. The lowest BCUT2D eigenvalue weighted by atomic mass is 10.0. The maximum atomic E-state index is 9.36. The highest BCUT2D eigenvalue weighted by molar-refractivity contribution is 7.09. The van der Waals surface area contributed by atoms with Crippen molar-refractivity contribution in [2.75, 3.05) is 6.61 Å². The number of hydrogen-bond acceptors (Lipinski definition) is 4. The third-order valence-corrected chi connectivity index (χ3v) is 3.99. The van der Waals surface area contributed by atoms with E-state index in [-0.39, 0.29) is 12.6 Å². The summed E-state index contributed by atoms with van der Waals surface area (Å²) in [7, 11) is 0. The lowest BCUT2D eigenvalue weighted by molar-refractivity contribution is 0.223. The molecule has 2 rings (SSSR count). The molecule has 0 radical (unpaired) electrons. The molecule has 108 valence electrons. The number of nitrogens with zero attached hydrogens (tertiary/aromatic N) is 1. The van der Waals surface area contributed by atoms with E-state index in [2.05, 4.69) is 41.7 Å². The summed E-state index contributed by atoms with van der Waals surface area (Å²) in [5, 5.41) is 15.9. The Kier molecular flexibility index (Phi) is 5.71. The van der Waals surface area contributed by atoms with Crippen LogP contribution in [-0.2, 0) is 6.54 Å². The van der Waals surface area contributed by atoms with E-state index in [1.165, 1.54) is 0 Å². The fraction of sp³-hybridized carbons (Fsp3) is 0.438. The van der Waals surface area contributed by atoms with Gasteiger partial charge in [0.15, 0.2) is 0 Å². The van der Waals surface area contributed by atoms with Crippen molar-refractivity contribution in [2.24, 2.45) is 5.92 Å². The molecule has 0 aliphatic heterocycles. The first-order valence-electron chi connectivity index (χ1n) is 7.03. The Hall–Kier alpha value is -1.23. The summed E-state index contributed by atoms with van der Waals surface area (Å²) in [6.45, 7) is 5.23. The molecule has 0 bridgehead atoms. The van der Waals surface area contributed by atoms with Gasteiger partial charge in [0.2, 0.25) is 0 Å². The largest absolute Gasteiger partial charge is 0.395 e. The molecule has 0 fully saturated rings. The van der Waals surface area contributed by atoms with Crippen LogP contribution in [0.15, 0.2) is 35.7 Å². The van der Waals surface area contributed by atoms with Crippen LogP contribution in [0, 0.1) is 5.92 Å². The number of aliphatic hydroxyl groups excluding tert-OH is 1. The van der Waals surface area contributed by atoms with Crippen LogP contribution < -0.4 is 5.32 Å². The van der Waals surface area contributed by atoms with Crippen molar-refractivity contribution >= 4 is 11.3 Å². The molecule has 2 N–H and O–H groups in total. The predicted octanol–water partition coefficient (Wildman–Crippen LogP) is 3.31. The molecule has 2 aromatic rings. The van der Waals surface area contributed by atoms with Gasteiger partial charge in [-0.3, -0.25) is 0 Å². The number of aliphatic hydroxyl groups is 1. The summed E-state index contributed by atoms with van der Waals surface area (Å²) in [6.07, 6.45) is 0.980. The van der Waals surface area contributed by atoms with Crippen molar-refractivity contribution in [3.05, 3.63) is 40.7 Å². The average Bonchev–Trinajstić information content (AvgIpc) is 2.93. The number of benzene rings is 1. The molecule has 0 aliphatic rings. The smallest absolute Gasteiger partial charge is 0.107 e. The van der Waals surface area contributed by atoms with E-state index < -0.39 is 0 Å². The third-order valence-electron chi connectivity index (χ3n) is 3.14. The Labute approximate surface area is 124 Å². The standard InChI is InChI=1S/C16H22N2OS/c1-12(2)8-14(10-19)17-9-16-18-15(11-20-16)13-6-4-3-5-7-13/h3-7,11-12,14,17,19H,8-10H2,1-2H3. The van der Waals surface area contributed by atoms with Crippen LogP contribution in [0.1, 0.15) is 25.3 Å². The Morgan fingerprint density at radius 2 is 2.00 bits per heavy atom. The fourth-order valence-electron chi connectivity index (χ4n) is 2.16. The lowest BCUT2D eigenvalue weighted by Crippen LogP contribution is -2.33. The zero-order valence-electron chi connectivity index (χ0n) is 12.0. The average molecular weight is 290 g/mol. The van der Waals surface area contributed by atoms with Crippen molar-refractivity contribution in [3.63, 3.8) is 0 Å². The quantitative estimate of drug-likeness (QED) is 0.822. The first-order chi connectivity index (χ1) is 9.69. The Morgan fingerprint density at radius 3 is 2.65 bits per heavy atom. The lowest BCUT2D eigenvalue weighted by Gasteiger charge is -2.17. The molecular weight excluding hydrogens is 268 g/mol. The second-order valence-corrected chi connectivity index (χ2v) is 6.33. The molecule has 0 saturated heterocycles. The molecule has 0 amide bonds. The van der Waals surface area contributed by atoms with Gasteiger partial charge in [-0.2, -0.15) is 0 Å². The molecule has 1 aromatic carbocycles. The minimum atomic E-state index is 0.152. The first-order valence-corrected chi connectivity index (χ1v) is 7.91. The molecule has 1 heterocycles. The minimum Gasteiger partial charge on any atom is -0.395 e. The van der Waals surface area contributed by atoms with Crippen LogP contribution in [0.3, 0.4) is 0 Å². The van der Waals surface area contributed by atoms with Gasteiger partial charge in [0.1, 0.15) is 5.01 Å². The van der Waals surface area contributed by atoms with Crippen LogP contribution in [-0.4, -0.2) is 22.7 Å². The van der Waals surface area contributed by atoms with Gasteiger partial charge >= 0.3 is 0 Å². The summed E-state index contributed by atoms with van der Waals surface area (Å²) in [5.74, 6) is 0.579.